The highest BCUT2D eigenvalue weighted by molar-refractivity contribution is 5.25. The van der Waals surface area contributed by atoms with Gasteiger partial charge in [0.05, 0.1) is 12.7 Å². The lowest BCUT2D eigenvalue weighted by Gasteiger charge is -2.08. The lowest BCUT2D eigenvalue weighted by molar-refractivity contribution is 0.754. The monoisotopic (exact) mass is 122 g/mol. The van der Waals surface area contributed by atoms with Gasteiger partial charge in [-0.3, -0.25) is 5.32 Å². The summed E-state index contributed by atoms with van der Waals surface area (Å²) in [7, 11) is 0. The fourth-order valence-electron chi connectivity index (χ4n) is 1.26. The minimum Gasteiger partial charge on any atom is -0.374 e. The molecule has 1 aliphatic heterocycles. The Balaban J connectivity index is 2.22. The summed E-state index contributed by atoms with van der Waals surface area (Å²) in [5.41, 5.74) is 1.34. The van der Waals surface area contributed by atoms with Gasteiger partial charge in [-0.2, -0.15) is 0 Å². The summed E-state index contributed by atoms with van der Waals surface area (Å²) in [5, 5.41) is 6.55. The van der Waals surface area contributed by atoms with Crippen LogP contribution in [0, 0.1) is 0 Å². The van der Waals surface area contributed by atoms with Crippen LogP contribution in [0.1, 0.15) is 6.42 Å². The molecule has 0 aromatic heterocycles. The standard InChI is InChI=1S/C7H10N2/c1-2-4-7-6(3-1)8-5-9-7/h1,3-4,6,8-9H,2,5H2. The lowest BCUT2D eigenvalue weighted by atomic mass is 10.1. The first-order chi connectivity index (χ1) is 4.47. The normalized spacial score (nSPS) is 31.1. The second kappa shape index (κ2) is 1.88. The first-order valence-electron chi connectivity index (χ1n) is 3.31. The first kappa shape index (κ1) is 5.06. The molecule has 0 radical (unpaired) electrons. The predicted molar refractivity (Wildman–Crippen MR) is 36.8 cm³/mol. The second-order valence-electron chi connectivity index (χ2n) is 2.36. The van der Waals surface area contributed by atoms with Gasteiger partial charge >= 0.3 is 0 Å². The van der Waals surface area contributed by atoms with Crippen LogP contribution in [0.4, 0.5) is 0 Å². The van der Waals surface area contributed by atoms with Crippen LogP contribution in [0.2, 0.25) is 0 Å². The zero-order valence-corrected chi connectivity index (χ0v) is 5.22. The highest BCUT2D eigenvalue weighted by atomic mass is 15.2. The van der Waals surface area contributed by atoms with Crippen molar-refractivity contribution in [3.63, 3.8) is 0 Å². The van der Waals surface area contributed by atoms with E-state index in [1.165, 1.54) is 5.70 Å². The molecule has 1 saturated heterocycles. The van der Waals surface area contributed by atoms with Crippen LogP contribution in [0.5, 0.6) is 0 Å². The zero-order valence-electron chi connectivity index (χ0n) is 5.22. The maximum absolute atomic E-state index is 3.29. The Kier molecular flexibility index (Phi) is 1.06. The van der Waals surface area contributed by atoms with Gasteiger partial charge < -0.3 is 5.32 Å². The number of hydrogen-bond acceptors (Lipinski definition) is 2. The van der Waals surface area contributed by atoms with E-state index in [0.29, 0.717) is 6.04 Å². The van der Waals surface area contributed by atoms with Crippen LogP contribution in [0.25, 0.3) is 0 Å². The quantitative estimate of drug-likeness (QED) is 0.453. The van der Waals surface area contributed by atoms with Crippen molar-refractivity contribution >= 4 is 0 Å². The molecule has 2 heteroatoms. The van der Waals surface area contributed by atoms with Crippen LogP contribution in [0.3, 0.4) is 0 Å². The molecule has 0 spiro atoms. The summed E-state index contributed by atoms with van der Waals surface area (Å²) in [5.74, 6) is 0. The molecule has 1 aliphatic carbocycles. The summed E-state index contributed by atoms with van der Waals surface area (Å²) in [4.78, 5) is 0. The van der Waals surface area contributed by atoms with E-state index in [0.717, 1.165) is 13.1 Å². The highest BCUT2D eigenvalue weighted by Gasteiger charge is 2.17. The summed E-state index contributed by atoms with van der Waals surface area (Å²) < 4.78 is 0. The third-order valence-corrected chi connectivity index (χ3v) is 1.75. The molecule has 2 aliphatic rings. The number of allylic oxidation sites excluding steroid dienone is 2. The smallest absolute Gasteiger partial charge is 0.0666 e. The Bertz CT molecular complexity index is 170. The van der Waals surface area contributed by atoms with Crippen molar-refractivity contribution in [2.45, 2.75) is 12.5 Å². The van der Waals surface area contributed by atoms with Gasteiger partial charge in [0.25, 0.3) is 0 Å². The number of hydrogen-bond donors (Lipinski definition) is 2. The van der Waals surface area contributed by atoms with Crippen molar-refractivity contribution in [2.24, 2.45) is 0 Å². The molecule has 0 saturated carbocycles. The first-order valence-corrected chi connectivity index (χ1v) is 3.31. The molecule has 1 unspecified atom stereocenters. The largest absolute Gasteiger partial charge is 0.374 e. The minimum absolute atomic E-state index is 0.485. The van der Waals surface area contributed by atoms with E-state index < -0.39 is 0 Å². The van der Waals surface area contributed by atoms with Crippen LogP contribution in [0.15, 0.2) is 23.9 Å². The van der Waals surface area contributed by atoms with Crippen LogP contribution < -0.4 is 10.6 Å². The topological polar surface area (TPSA) is 24.1 Å². The molecule has 0 amide bonds. The van der Waals surface area contributed by atoms with Gasteiger partial charge in [0.2, 0.25) is 0 Å². The molecule has 0 aromatic rings. The fourth-order valence-corrected chi connectivity index (χ4v) is 1.26. The Labute approximate surface area is 54.6 Å². The molecule has 9 heavy (non-hydrogen) atoms. The van der Waals surface area contributed by atoms with E-state index in [1.54, 1.807) is 0 Å². The molecular formula is C7H10N2. The maximum atomic E-state index is 3.29. The third-order valence-electron chi connectivity index (χ3n) is 1.75. The highest BCUT2D eigenvalue weighted by Crippen LogP contribution is 2.11. The fraction of sp³-hybridized carbons (Fsp3) is 0.429. The molecule has 2 rings (SSSR count). The molecule has 1 heterocycles. The van der Waals surface area contributed by atoms with E-state index in [9.17, 15) is 0 Å². The third kappa shape index (κ3) is 0.754. The Morgan fingerprint density at radius 1 is 1.56 bits per heavy atom. The van der Waals surface area contributed by atoms with Gasteiger partial charge in [0.1, 0.15) is 0 Å². The molecule has 0 bridgehead atoms. The van der Waals surface area contributed by atoms with Gasteiger partial charge in [0, 0.05) is 5.70 Å². The molecule has 1 atom stereocenters. The molecule has 2 N–H and O–H groups in total. The van der Waals surface area contributed by atoms with Crippen molar-refractivity contribution < 1.29 is 0 Å². The summed E-state index contributed by atoms with van der Waals surface area (Å²) >= 11 is 0. The summed E-state index contributed by atoms with van der Waals surface area (Å²) in [6, 6.07) is 0.485. The summed E-state index contributed by atoms with van der Waals surface area (Å²) in [6.45, 7) is 0.918. The SMILES string of the molecule is C1=CC2NCNC2=CC1. The lowest BCUT2D eigenvalue weighted by Crippen LogP contribution is -2.20. The van der Waals surface area contributed by atoms with Gasteiger partial charge in [-0.05, 0) is 6.42 Å². The number of rotatable bonds is 0. The van der Waals surface area contributed by atoms with E-state index in [1.807, 2.05) is 0 Å². The molecule has 2 nitrogen and oxygen atoms in total. The van der Waals surface area contributed by atoms with Crippen LogP contribution in [-0.4, -0.2) is 12.7 Å². The van der Waals surface area contributed by atoms with Crippen molar-refractivity contribution in [3.8, 4) is 0 Å². The zero-order chi connectivity index (χ0) is 6.10. The van der Waals surface area contributed by atoms with Crippen molar-refractivity contribution in [1.29, 1.82) is 0 Å². The van der Waals surface area contributed by atoms with Gasteiger partial charge in [-0.1, -0.05) is 18.2 Å². The molecule has 1 fully saturated rings. The molecule has 48 valence electrons. The predicted octanol–water partition coefficient (Wildman–Crippen LogP) is 0.349. The van der Waals surface area contributed by atoms with Crippen molar-refractivity contribution in [2.75, 3.05) is 6.67 Å². The van der Waals surface area contributed by atoms with E-state index in [-0.39, 0.29) is 0 Å². The molecule has 0 aromatic carbocycles. The summed E-state index contributed by atoms with van der Waals surface area (Å²) in [6.07, 6.45) is 7.70. The average Bonchev–Trinajstić information content (AvgIpc) is 2.33. The van der Waals surface area contributed by atoms with E-state index in [4.69, 9.17) is 0 Å². The maximum Gasteiger partial charge on any atom is 0.0666 e. The molecular weight excluding hydrogens is 112 g/mol. The Hall–Kier alpha value is -0.760. The van der Waals surface area contributed by atoms with Crippen LogP contribution in [-0.2, 0) is 0 Å². The van der Waals surface area contributed by atoms with E-state index in [2.05, 4.69) is 28.9 Å². The van der Waals surface area contributed by atoms with Crippen molar-refractivity contribution in [3.05, 3.63) is 23.9 Å². The van der Waals surface area contributed by atoms with E-state index >= 15 is 0 Å². The van der Waals surface area contributed by atoms with Gasteiger partial charge in [-0.15, -0.1) is 0 Å². The second-order valence-corrected chi connectivity index (χ2v) is 2.36. The number of fused-ring (bicyclic) bond motifs is 1. The average molecular weight is 122 g/mol. The Morgan fingerprint density at radius 2 is 2.56 bits per heavy atom. The minimum atomic E-state index is 0.485. The van der Waals surface area contributed by atoms with Gasteiger partial charge in [-0.25, -0.2) is 0 Å². The Morgan fingerprint density at radius 3 is 3.44 bits per heavy atom. The van der Waals surface area contributed by atoms with Crippen LogP contribution >= 0.6 is 0 Å². The van der Waals surface area contributed by atoms with Gasteiger partial charge in [0.15, 0.2) is 0 Å². The number of nitrogens with one attached hydrogen (secondary N) is 2. The van der Waals surface area contributed by atoms with Crippen molar-refractivity contribution in [1.82, 2.24) is 10.6 Å².